The Labute approximate surface area is 161 Å². The van der Waals surface area contributed by atoms with Gasteiger partial charge in [0.2, 0.25) is 6.79 Å². The van der Waals surface area contributed by atoms with Gasteiger partial charge in [-0.15, -0.1) is 0 Å². The summed E-state index contributed by atoms with van der Waals surface area (Å²) < 4.78 is 10.6. The van der Waals surface area contributed by atoms with Crippen LogP contribution >= 0.6 is 0 Å². The second-order valence-corrected chi connectivity index (χ2v) is 6.29. The molecule has 0 aliphatic carbocycles. The third kappa shape index (κ3) is 4.32. The first-order valence-electron chi connectivity index (χ1n) is 8.84. The van der Waals surface area contributed by atoms with Gasteiger partial charge in [0.15, 0.2) is 11.5 Å². The van der Waals surface area contributed by atoms with Crippen molar-refractivity contribution >= 4 is 17.3 Å². The van der Waals surface area contributed by atoms with E-state index >= 15 is 0 Å². The fourth-order valence-electron chi connectivity index (χ4n) is 2.78. The number of rotatable bonds is 8. The van der Waals surface area contributed by atoms with Crippen LogP contribution in [0.3, 0.4) is 0 Å². The molecule has 0 bridgehead atoms. The second kappa shape index (κ2) is 8.57. The zero-order valence-electron chi connectivity index (χ0n) is 15.3. The highest BCUT2D eigenvalue weighted by Gasteiger charge is 2.19. The number of nitro benzene ring substituents is 1. The van der Waals surface area contributed by atoms with Crippen LogP contribution in [0.5, 0.6) is 11.5 Å². The minimum Gasteiger partial charge on any atom is -0.454 e. The zero-order valence-corrected chi connectivity index (χ0v) is 15.3. The topological polar surface area (TPSA) is 123 Å². The number of aliphatic hydroxyl groups is 1. The van der Waals surface area contributed by atoms with Crippen LogP contribution in [-0.2, 0) is 6.54 Å². The standard InChI is InChI=1S/C19H21N3O6/c1-2-13(10-23)21-16-5-4-14(22(25)26)8-15(16)19(24)20-9-12-3-6-17-18(7-12)28-11-27-17/h3-8,13,21,23H,2,9-11H2,1H3,(H,20,24). The first-order chi connectivity index (χ1) is 13.5. The molecule has 0 fully saturated rings. The van der Waals surface area contributed by atoms with Crippen LogP contribution in [0.15, 0.2) is 36.4 Å². The lowest BCUT2D eigenvalue weighted by atomic mass is 10.1. The zero-order chi connectivity index (χ0) is 20.1. The van der Waals surface area contributed by atoms with Crippen LogP contribution in [0.4, 0.5) is 11.4 Å². The largest absolute Gasteiger partial charge is 0.454 e. The van der Waals surface area contributed by atoms with Gasteiger partial charge in [-0.1, -0.05) is 13.0 Å². The average Bonchev–Trinajstić information content (AvgIpc) is 3.18. The summed E-state index contributed by atoms with van der Waals surface area (Å²) in [4.78, 5) is 23.3. The Balaban J connectivity index is 1.78. The molecule has 1 unspecified atom stereocenters. The highest BCUT2D eigenvalue weighted by atomic mass is 16.7. The Hall–Kier alpha value is -3.33. The Morgan fingerprint density at radius 2 is 2.04 bits per heavy atom. The summed E-state index contributed by atoms with van der Waals surface area (Å²) in [7, 11) is 0. The number of nitrogens with one attached hydrogen (secondary N) is 2. The summed E-state index contributed by atoms with van der Waals surface area (Å²) in [6, 6.07) is 9.10. The van der Waals surface area contributed by atoms with Crippen molar-refractivity contribution in [1.29, 1.82) is 0 Å². The van der Waals surface area contributed by atoms with Crippen LogP contribution in [-0.4, -0.2) is 35.4 Å². The molecule has 2 aromatic carbocycles. The lowest BCUT2D eigenvalue weighted by molar-refractivity contribution is -0.384. The number of benzene rings is 2. The van der Waals surface area contributed by atoms with E-state index in [4.69, 9.17) is 9.47 Å². The Bertz CT molecular complexity index is 882. The molecular weight excluding hydrogens is 366 g/mol. The molecule has 1 amide bonds. The molecule has 0 saturated carbocycles. The summed E-state index contributed by atoms with van der Waals surface area (Å²) in [5.41, 5.74) is 1.19. The number of nitrogens with zero attached hydrogens (tertiary/aromatic N) is 1. The maximum atomic E-state index is 12.7. The molecule has 0 saturated heterocycles. The predicted octanol–water partition coefficient (Wildman–Crippen LogP) is 2.44. The monoisotopic (exact) mass is 387 g/mol. The van der Waals surface area contributed by atoms with Crippen molar-refractivity contribution in [2.75, 3.05) is 18.7 Å². The molecule has 1 heterocycles. The smallest absolute Gasteiger partial charge is 0.270 e. The number of anilines is 1. The first kappa shape index (κ1) is 19.4. The van der Waals surface area contributed by atoms with E-state index in [-0.39, 0.29) is 37.2 Å². The van der Waals surface area contributed by atoms with E-state index in [1.807, 2.05) is 6.92 Å². The van der Waals surface area contributed by atoms with Crippen molar-refractivity contribution in [3.8, 4) is 11.5 Å². The number of hydrogen-bond acceptors (Lipinski definition) is 7. The molecule has 1 aliphatic heterocycles. The first-order valence-corrected chi connectivity index (χ1v) is 8.84. The molecule has 0 radical (unpaired) electrons. The number of nitro groups is 1. The van der Waals surface area contributed by atoms with Crippen LogP contribution in [0.1, 0.15) is 29.3 Å². The van der Waals surface area contributed by atoms with Gasteiger partial charge in [-0.05, 0) is 30.2 Å². The molecule has 0 aromatic heterocycles. The SMILES string of the molecule is CCC(CO)Nc1ccc([N+](=O)[O-])cc1C(=O)NCc1ccc2c(c1)OCO2. The van der Waals surface area contributed by atoms with Gasteiger partial charge in [0, 0.05) is 30.4 Å². The van der Waals surface area contributed by atoms with Crippen molar-refractivity contribution in [2.45, 2.75) is 25.9 Å². The molecule has 3 rings (SSSR count). The van der Waals surface area contributed by atoms with Gasteiger partial charge in [-0.2, -0.15) is 0 Å². The Morgan fingerprint density at radius 1 is 1.25 bits per heavy atom. The molecule has 3 N–H and O–H groups in total. The van der Waals surface area contributed by atoms with Crippen molar-refractivity contribution in [1.82, 2.24) is 5.32 Å². The number of non-ortho nitro benzene ring substituents is 1. The summed E-state index contributed by atoms with van der Waals surface area (Å²) >= 11 is 0. The van der Waals surface area contributed by atoms with Crippen LogP contribution < -0.4 is 20.1 Å². The Morgan fingerprint density at radius 3 is 2.75 bits per heavy atom. The van der Waals surface area contributed by atoms with Crippen molar-refractivity contribution in [3.63, 3.8) is 0 Å². The lowest BCUT2D eigenvalue weighted by Gasteiger charge is -2.18. The maximum Gasteiger partial charge on any atom is 0.270 e. The van der Waals surface area contributed by atoms with Crippen LogP contribution in [0, 0.1) is 10.1 Å². The van der Waals surface area contributed by atoms with Gasteiger partial charge in [0.1, 0.15) is 0 Å². The molecule has 2 aromatic rings. The molecule has 28 heavy (non-hydrogen) atoms. The van der Waals surface area contributed by atoms with Gasteiger partial charge in [0.25, 0.3) is 11.6 Å². The summed E-state index contributed by atoms with van der Waals surface area (Å²) in [6.45, 7) is 2.15. The van der Waals surface area contributed by atoms with Gasteiger partial charge in [-0.25, -0.2) is 0 Å². The van der Waals surface area contributed by atoms with Gasteiger partial charge in [-0.3, -0.25) is 14.9 Å². The molecule has 1 atom stereocenters. The van der Waals surface area contributed by atoms with Crippen LogP contribution in [0.25, 0.3) is 0 Å². The third-order valence-corrected chi connectivity index (χ3v) is 4.42. The minimum absolute atomic E-state index is 0.119. The van der Waals surface area contributed by atoms with Gasteiger partial charge >= 0.3 is 0 Å². The number of fused-ring (bicyclic) bond motifs is 1. The minimum atomic E-state index is -0.554. The normalized spacial score (nSPS) is 13.1. The average molecular weight is 387 g/mol. The summed E-state index contributed by atoms with van der Waals surface area (Å²) in [5, 5.41) is 26.3. The number of amides is 1. The quantitative estimate of drug-likeness (QED) is 0.469. The van der Waals surface area contributed by atoms with E-state index in [1.54, 1.807) is 18.2 Å². The number of aliphatic hydroxyl groups excluding tert-OH is 1. The highest BCUT2D eigenvalue weighted by molar-refractivity contribution is 6.00. The maximum absolute atomic E-state index is 12.7. The summed E-state index contributed by atoms with van der Waals surface area (Å²) in [5.74, 6) is 0.796. The number of carbonyl (C=O) groups excluding carboxylic acids is 1. The van der Waals surface area contributed by atoms with Crippen molar-refractivity contribution in [3.05, 3.63) is 57.6 Å². The van der Waals surface area contributed by atoms with E-state index in [0.29, 0.717) is 23.6 Å². The van der Waals surface area contributed by atoms with E-state index in [1.165, 1.54) is 18.2 Å². The Kier molecular flexibility index (Phi) is 5.95. The van der Waals surface area contributed by atoms with Crippen molar-refractivity contribution < 1.29 is 24.3 Å². The molecule has 0 spiro atoms. The highest BCUT2D eigenvalue weighted by Crippen LogP contribution is 2.32. The molecule has 148 valence electrons. The fraction of sp³-hybridized carbons (Fsp3) is 0.316. The summed E-state index contributed by atoms with van der Waals surface area (Å²) in [6.07, 6.45) is 0.631. The number of hydrogen-bond donors (Lipinski definition) is 3. The molecule has 9 heteroatoms. The van der Waals surface area contributed by atoms with E-state index in [2.05, 4.69) is 10.6 Å². The van der Waals surface area contributed by atoms with Gasteiger partial charge in [0.05, 0.1) is 17.1 Å². The molecule has 9 nitrogen and oxygen atoms in total. The third-order valence-electron chi connectivity index (χ3n) is 4.42. The van der Waals surface area contributed by atoms with Crippen LogP contribution in [0.2, 0.25) is 0 Å². The molecular formula is C19H21N3O6. The van der Waals surface area contributed by atoms with Crippen molar-refractivity contribution in [2.24, 2.45) is 0 Å². The van der Waals surface area contributed by atoms with Gasteiger partial charge < -0.3 is 25.2 Å². The predicted molar refractivity (Wildman–Crippen MR) is 102 cm³/mol. The number of carbonyl (C=O) groups is 1. The lowest BCUT2D eigenvalue weighted by Crippen LogP contribution is -2.27. The fourth-order valence-corrected chi connectivity index (χ4v) is 2.78. The second-order valence-electron chi connectivity index (χ2n) is 6.29. The van der Waals surface area contributed by atoms with E-state index < -0.39 is 10.8 Å². The van der Waals surface area contributed by atoms with E-state index in [9.17, 15) is 20.0 Å². The number of ether oxygens (including phenoxy) is 2. The van der Waals surface area contributed by atoms with E-state index in [0.717, 1.165) is 5.56 Å². The molecule has 1 aliphatic rings.